The van der Waals surface area contributed by atoms with Gasteiger partial charge in [-0.25, -0.2) is 13.6 Å². The molecule has 4 amide bonds. The topological polar surface area (TPSA) is 169 Å². The maximum absolute atomic E-state index is 16.1. The molecule has 2 aromatic heterocycles. The number of likely N-dealkylation sites (tertiary alicyclic amines) is 2. The van der Waals surface area contributed by atoms with Gasteiger partial charge in [0.1, 0.15) is 35.5 Å². The van der Waals surface area contributed by atoms with Crippen molar-refractivity contribution in [2.75, 3.05) is 88.3 Å². The van der Waals surface area contributed by atoms with Gasteiger partial charge >= 0.3 is 12.1 Å². The van der Waals surface area contributed by atoms with E-state index in [-0.39, 0.29) is 34.8 Å². The van der Waals surface area contributed by atoms with Gasteiger partial charge in [-0.1, -0.05) is 55.7 Å². The Morgan fingerprint density at radius 1 is 0.912 bits per heavy atom. The molecule has 5 unspecified atom stereocenters. The summed E-state index contributed by atoms with van der Waals surface area (Å²) in [6, 6.07) is 15.6. The molecule has 424 valence electrons. The number of methoxy groups -OCH3 is 1. The largest absolute Gasteiger partial charge is 0.467 e. The number of fused-ring (bicyclic) bond motifs is 5. The number of amides is 4. The fourth-order valence-corrected chi connectivity index (χ4v) is 13.8. The smallest absolute Gasteiger partial charge is 0.409 e. The Labute approximate surface area is 467 Å². The number of benzene rings is 3. The van der Waals surface area contributed by atoms with Crippen molar-refractivity contribution in [1.82, 2.24) is 40.3 Å². The number of rotatable bonds is 16. The molecule has 0 aliphatic carbocycles. The van der Waals surface area contributed by atoms with Gasteiger partial charge in [0.25, 0.3) is 0 Å². The third-order valence-corrected chi connectivity index (χ3v) is 17.9. The Kier molecular flexibility index (Phi) is 17.7. The molecule has 3 aromatic carbocycles. The highest BCUT2D eigenvalue weighted by Gasteiger charge is 2.39. The summed E-state index contributed by atoms with van der Waals surface area (Å²) in [5.74, 6) is 2.78. The molecule has 6 saturated heterocycles. The number of piperidine rings is 2. The van der Waals surface area contributed by atoms with Gasteiger partial charge in [-0.05, 0) is 125 Å². The SMILES string of the molecule is C#Cc1c(F)ccc2cccc(-c3ncc4c(N5CC6CCC(C5)N6)nc(OC)nc4c3F)c12.CCCC(C(=O)NC=O)N(C)c1cccc(CN2CCC(C3CCN(C(=O)OCC4CCC5CCCN54)CC3)CC2)c1N(C)C=O. The summed E-state index contributed by atoms with van der Waals surface area (Å²) in [4.78, 5) is 74.5. The van der Waals surface area contributed by atoms with Crippen molar-refractivity contribution >= 4 is 63.7 Å². The predicted octanol–water partition coefficient (Wildman–Crippen LogP) is 7.90. The van der Waals surface area contributed by atoms with Crippen LogP contribution < -0.4 is 30.1 Å². The average Bonchev–Trinajstić information content (AvgIpc) is 4.25. The van der Waals surface area contributed by atoms with E-state index in [1.54, 1.807) is 42.4 Å². The summed E-state index contributed by atoms with van der Waals surface area (Å²) in [5, 5.41) is 7.54. The van der Waals surface area contributed by atoms with Gasteiger partial charge in [0.15, 0.2) is 5.82 Å². The number of hydrogen-bond acceptors (Lipinski definition) is 14. The van der Waals surface area contributed by atoms with Crippen LogP contribution in [0.5, 0.6) is 6.01 Å². The first-order chi connectivity index (χ1) is 38.9. The Balaban J connectivity index is 0.000000188. The van der Waals surface area contributed by atoms with Crippen molar-refractivity contribution in [3.8, 4) is 29.6 Å². The van der Waals surface area contributed by atoms with Gasteiger partial charge in [0.05, 0.1) is 29.4 Å². The van der Waals surface area contributed by atoms with Crippen LogP contribution in [0.25, 0.3) is 32.9 Å². The standard InChI is InChI=1S/C35H54N6O5.C26H21F2N5O/c1-4-7-32(34(44)36-24-42)38(3)31-10-5-8-28(33(31)37(2)25-43)22-39-18-13-26(14-19-39)27-15-20-40(21-16-27)35(45)46-23-30-12-11-29-9-6-17-41(29)30;1-3-17-20(27)10-7-14-5-4-6-18(21(14)17)23-22(28)24-19(11-29-23)25(32-26(31-24)34-2)33-12-15-8-9-16(13-33)30-15/h5,8,10,24-27,29-30,32H,4,6-7,9,11-23H2,1-3H3,(H,36,42,44);1,4-7,10-11,15-16,30H,8-9,12-13H2,2H3. The summed E-state index contributed by atoms with van der Waals surface area (Å²) in [7, 11) is 5.05. The van der Waals surface area contributed by atoms with Crippen LogP contribution in [0.4, 0.5) is 30.8 Å². The number of nitrogens with one attached hydrogen (secondary N) is 2. The molecule has 17 nitrogen and oxygen atoms in total. The molecule has 2 bridgehead atoms. The van der Waals surface area contributed by atoms with Crippen molar-refractivity contribution in [3.05, 3.63) is 77.5 Å². The Morgan fingerprint density at radius 3 is 2.35 bits per heavy atom. The molecular weight excluding hydrogens is 1020 g/mol. The highest BCUT2D eigenvalue weighted by Crippen LogP contribution is 2.40. The number of pyridine rings is 1. The second kappa shape index (κ2) is 25.2. The fourth-order valence-electron chi connectivity index (χ4n) is 13.8. The molecule has 11 rings (SSSR count). The third kappa shape index (κ3) is 11.8. The molecule has 0 radical (unpaired) electrons. The van der Waals surface area contributed by atoms with Crippen LogP contribution >= 0.6 is 0 Å². The number of nitrogens with zero attached hydrogens (tertiary/aromatic N) is 9. The zero-order valence-electron chi connectivity index (χ0n) is 46.5. The van der Waals surface area contributed by atoms with E-state index in [0.29, 0.717) is 89.5 Å². The number of hydrogen-bond donors (Lipinski definition) is 2. The van der Waals surface area contributed by atoms with E-state index in [4.69, 9.17) is 15.9 Å². The van der Waals surface area contributed by atoms with Crippen molar-refractivity contribution < 1.29 is 37.4 Å². The molecule has 6 aliphatic heterocycles. The lowest BCUT2D eigenvalue weighted by molar-refractivity contribution is -0.126. The van der Waals surface area contributed by atoms with E-state index in [9.17, 15) is 23.6 Å². The number of ether oxygens (including phenoxy) is 2. The van der Waals surface area contributed by atoms with E-state index in [2.05, 4.69) is 52.3 Å². The molecule has 2 N–H and O–H groups in total. The van der Waals surface area contributed by atoms with E-state index >= 15 is 4.39 Å². The predicted molar refractivity (Wildman–Crippen MR) is 305 cm³/mol. The van der Waals surface area contributed by atoms with Crippen LogP contribution in [0.1, 0.15) is 95.1 Å². The Morgan fingerprint density at radius 2 is 1.65 bits per heavy atom. The maximum atomic E-state index is 16.1. The summed E-state index contributed by atoms with van der Waals surface area (Å²) in [6.45, 7) is 9.47. The number of likely N-dealkylation sites (N-methyl/N-ethyl adjacent to an activating group) is 1. The second-order valence-corrected chi connectivity index (χ2v) is 22.6. The first-order valence-electron chi connectivity index (χ1n) is 28.7. The number of anilines is 3. The normalized spacial score (nSPS) is 21.8. The molecule has 19 heteroatoms. The number of aromatic nitrogens is 3. The molecule has 6 fully saturated rings. The van der Waals surface area contributed by atoms with E-state index in [1.165, 1.54) is 32.4 Å². The number of carbonyl (C=O) groups excluding carboxylic acids is 4. The first-order valence-corrected chi connectivity index (χ1v) is 28.7. The van der Waals surface area contributed by atoms with Crippen LogP contribution in [0, 0.1) is 35.8 Å². The molecule has 5 atom stereocenters. The van der Waals surface area contributed by atoms with Gasteiger partial charge < -0.3 is 34.4 Å². The number of imide groups is 1. The van der Waals surface area contributed by atoms with Crippen molar-refractivity contribution in [2.45, 2.75) is 121 Å². The number of carbonyl (C=O) groups is 4. The highest BCUT2D eigenvalue weighted by molar-refractivity contribution is 6.02. The zero-order valence-corrected chi connectivity index (χ0v) is 46.5. The third-order valence-electron chi connectivity index (χ3n) is 17.9. The highest BCUT2D eigenvalue weighted by atomic mass is 19.1. The van der Waals surface area contributed by atoms with Crippen LogP contribution in [0.15, 0.2) is 54.7 Å². The number of halogens is 2. The molecule has 0 spiro atoms. The molecule has 5 aromatic rings. The fraction of sp³-hybridized carbons (Fsp3) is 0.525. The number of piperazine rings is 1. The second-order valence-electron chi connectivity index (χ2n) is 22.6. The number of para-hydroxylation sites is 1. The van der Waals surface area contributed by atoms with Gasteiger partial charge in [-0.2, -0.15) is 9.97 Å². The average molecular weight is 1100 g/mol. The van der Waals surface area contributed by atoms with Gasteiger partial charge in [0.2, 0.25) is 18.7 Å². The van der Waals surface area contributed by atoms with Gasteiger partial charge in [0, 0.05) is 88.1 Å². The molecule has 8 heterocycles. The lowest BCUT2D eigenvalue weighted by Gasteiger charge is -2.40. The summed E-state index contributed by atoms with van der Waals surface area (Å²) >= 11 is 0. The Hall–Kier alpha value is -7.01. The van der Waals surface area contributed by atoms with Crippen molar-refractivity contribution in [1.29, 1.82) is 0 Å². The Bertz CT molecular complexity index is 3100. The molecule has 0 saturated carbocycles. The van der Waals surface area contributed by atoms with E-state index in [0.717, 1.165) is 121 Å². The minimum absolute atomic E-state index is 0.0484. The van der Waals surface area contributed by atoms with Crippen molar-refractivity contribution in [2.24, 2.45) is 11.8 Å². The summed E-state index contributed by atoms with van der Waals surface area (Å²) in [6.07, 6.45) is 21.1. The quantitative estimate of drug-likeness (QED) is 0.0723. The maximum Gasteiger partial charge on any atom is 0.409 e. The van der Waals surface area contributed by atoms with E-state index in [1.807, 2.05) is 35.9 Å². The monoisotopic (exact) mass is 1100 g/mol. The molecule has 6 aliphatic rings. The van der Waals surface area contributed by atoms with Crippen LogP contribution in [-0.2, 0) is 25.7 Å². The molecule has 80 heavy (non-hydrogen) atoms. The van der Waals surface area contributed by atoms with E-state index < -0.39 is 17.7 Å². The lowest BCUT2D eigenvalue weighted by atomic mass is 9.79. The summed E-state index contributed by atoms with van der Waals surface area (Å²) in [5.41, 5.74) is 3.24. The van der Waals surface area contributed by atoms with Crippen LogP contribution in [0.2, 0.25) is 0 Å². The van der Waals surface area contributed by atoms with Gasteiger partial charge in [-0.3, -0.25) is 34.5 Å². The zero-order chi connectivity index (χ0) is 56.0. The van der Waals surface area contributed by atoms with Crippen LogP contribution in [-0.4, -0.2) is 158 Å². The first kappa shape index (κ1) is 56.3. The number of terminal acetylenes is 1. The van der Waals surface area contributed by atoms with Gasteiger partial charge in [-0.15, -0.1) is 6.42 Å². The van der Waals surface area contributed by atoms with Crippen LogP contribution in [0.3, 0.4) is 0 Å². The lowest BCUT2D eigenvalue weighted by Crippen LogP contribution is -2.51. The minimum atomic E-state index is -0.628. The minimum Gasteiger partial charge on any atom is -0.467 e. The molecular formula is C61H75F2N11O6. The van der Waals surface area contributed by atoms with Crippen molar-refractivity contribution in [3.63, 3.8) is 0 Å². The summed E-state index contributed by atoms with van der Waals surface area (Å²) < 4.78 is 41.7.